The van der Waals surface area contributed by atoms with Crippen molar-refractivity contribution in [2.24, 2.45) is 0 Å². The highest BCUT2D eigenvalue weighted by Gasteiger charge is 2.44. The Morgan fingerprint density at radius 2 is 1.62 bits per heavy atom. The van der Waals surface area contributed by atoms with E-state index in [9.17, 15) is 17.6 Å². The van der Waals surface area contributed by atoms with Gasteiger partial charge in [-0.1, -0.05) is 35.9 Å². The Kier molecular flexibility index (Phi) is 4.28. The molecule has 0 aliphatic carbocycles. The van der Waals surface area contributed by atoms with Gasteiger partial charge in [0.1, 0.15) is 5.82 Å². The van der Waals surface area contributed by atoms with Gasteiger partial charge in [-0.15, -0.1) is 0 Å². The Balaban J connectivity index is 2.03. The first-order valence-electron chi connectivity index (χ1n) is 6.76. The van der Waals surface area contributed by atoms with Crippen LogP contribution in [0.3, 0.4) is 0 Å². The number of hydrogen-bond donors (Lipinski definition) is 0. The molecular formula is C16H9ClF4N2O. The topological polar surface area (TPSA) is 35.0 Å². The van der Waals surface area contributed by atoms with E-state index >= 15 is 0 Å². The average Bonchev–Trinajstić information content (AvgIpc) is 2.51. The van der Waals surface area contributed by atoms with Gasteiger partial charge in [0.2, 0.25) is 6.10 Å². The fourth-order valence-electron chi connectivity index (χ4n) is 2.14. The van der Waals surface area contributed by atoms with Crippen LogP contribution < -0.4 is 4.74 Å². The predicted octanol–water partition coefficient (Wildman–Crippen LogP) is 5.10. The number of benzene rings is 2. The van der Waals surface area contributed by atoms with Crippen molar-refractivity contribution in [3.05, 3.63) is 65.1 Å². The molecule has 0 aliphatic heterocycles. The lowest BCUT2D eigenvalue weighted by atomic mass is 10.1. The fourth-order valence-corrected chi connectivity index (χ4v) is 2.32. The van der Waals surface area contributed by atoms with Crippen LogP contribution in [0.25, 0.3) is 11.0 Å². The molecule has 1 atom stereocenters. The summed E-state index contributed by atoms with van der Waals surface area (Å²) < 4.78 is 58.2. The Bertz CT molecular complexity index is 885. The quantitative estimate of drug-likeness (QED) is 0.612. The Labute approximate surface area is 138 Å². The van der Waals surface area contributed by atoms with Gasteiger partial charge in [0, 0.05) is 5.56 Å². The first-order valence-corrected chi connectivity index (χ1v) is 7.13. The minimum absolute atomic E-state index is 0.306. The van der Waals surface area contributed by atoms with Gasteiger partial charge >= 0.3 is 6.18 Å². The minimum Gasteiger partial charge on any atom is -0.458 e. The number of nitrogens with zero attached hydrogens (tertiary/aromatic N) is 2. The molecule has 0 spiro atoms. The molecule has 24 heavy (non-hydrogen) atoms. The van der Waals surface area contributed by atoms with E-state index in [1.165, 1.54) is 6.07 Å². The zero-order valence-corrected chi connectivity index (χ0v) is 12.6. The van der Waals surface area contributed by atoms with E-state index in [1.807, 2.05) is 0 Å². The first-order chi connectivity index (χ1) is 11.3. The molecule has 0 aliphatic rings. The van der Waals surface area contributed by atoms with Crippen molar-refractivity contribution >= 4 is 22.6 Å². The molecule has 0 saturated carbocycles. The van der Waals surface area contributed by atoms with Crippen molar-refractivity contribution in [3.8, 4) is 5.88 Å². The van der Waals surface area contributed by atoms with E-state index in [0.29, 0.717) is 11.0 Å². The van der Waals surface area contributed by atoms with E-state index in [0.717, 1.165) is 18.2 Å². The Morgan fingerprint density at radius 1 is 0.958 bits per heavy atom. The van der Waals surface area contributed by atoms with Crippen LogP contribution in [0.2, 0.25) is 5.15 Å². The summed E-state index contributed by atoms with van der Waals surface area (Å²) in [6.45, 7) is 0. The van der Waals surface area contributed by atoms with Crippen molar-refractivity contribution < 1.29 is 22.3 Å². The zero-order chi connectivity index (χ0) is 17.3. The van der Waals surface area contributed by atoms with Crippen LogP contribution in [-0.4, -0.2) is 16.1 Å². The third kappa shape index (κ3) is 3.41. The van der Waals surface area contributed by atoms with E-state index in [2.05, 4.69) is 9.97 Å². The van der Waals surface area contributed by atoms with Gasteiger partial charge in [0.25, 0.3) is 5.88 Å². The van der Waals surface area contributed by atoms with Crippen molar-refractivity contribution in [1.82, 2.24) is 9.97 Å². The third-order valence-electron chi connectivity index (χ3n) is 3.18. The molecule has 1 heterocycles. The molecule has 1 unspecified atom stereocenters. The molecule has 3 rings (SSSR count). The van der Waals surface area contributed by atoms with Crippen LogP contribution in [0.1, 0.15) is 11.7 Å². The van der Waals surface area contributed by atoms with Gasteiger partial charge in [-0.25, -0.2) is 14.4 Å². The molecule has 0 fully saturated rings. The summed E-state index contributed by atoms with van der Waals surface area (Å²) >= 11 is 5.88. The van der Waals surface area contributed by atoms with Gasteiger partial charge < -0.3 is 4.74 Å². The zero-order valence-electron chi connectivity index (χ0n) is 11.9. The number of fused-ring (bicyclic) bond motifs is 1. The van der Waals surface area contributed by atoms with E-state index in [1.54, 1.807) is 24.3 Å². The van der Waals surface area contributed by atoms with E-state index in [4.69, 9.17) is 16.3 Å². The summed E-state index contributed by atoms with van der Waals surface area (Å²) in [7, 11) is 0. The molecule has 0 N–H and O–H groups in total. The maximum absolute atomic E-state index is 13.3. The summed E-state index contributed by atoms with van der Waals surface area (Å²) in [5, 5.41) is -0.306. The average molecular weight is 357 g/mol. The van der Waals surface area contributed by atoms with Crippen LogP contribution in [-0.2, 0) is 0 Å². The number of rotatable bonds is 3. The molecule has 0 amide bonds. The van der Waals surface area contributed by atoms with Crippen LogP contribution in [0.15, 0.2) is 48.5 Å². The predicted molar refractivity (Wildman–Crippen MR) is 80.4 cm³/mol. The molecule has 0 bridgehead atoms. The highest BCUT2D eigenvalue weighted by molar-refractivity contribution is 6.31. The molecular weight excluding hydrogens is 348 g/mol. The molecule has 0 saturated heterocycles. The molecule has 3 nitrogen and oxygen atoms in total. The molecule has 2 aromatic carbocycles. The lowest BCUT2D eigenvalue weighted by Crippen LogP contribution is -2.26. The number of ether oxygens (including phenoxy) is 1. The van der Waals surface area contributed by atoms with Crippen LogP contribution in [0.5, 0.6) is 5.88 Å². The lowest BCUT2D eigenvalue weighted by Gasteiger charge is -2.22. The molecule has 124 valence electrons. The summed E-state index contributed by atoms with van der Waals surface area (Å²) in [6, 6.07) is 10.6. The van der Waals surface area contributed by atoms with Gasteiger partial charge in [-0.05, 0) is 24.3 Å². The highest BCUT2D eigenvalue weighted by Crippen LogP contribution is 2.38. The maximum Gasteiger partial charge on any atom is 0.429 e. The smallest absolute Gasteiger partial charge is 0.429 e. The van der Waals surface area contributed by atoms with Gasteiger partial charge in [0.05, 0.1) is 11.0 Å². The van der Waals surface area contributed by atoms with E-state index in [-0.39, 0.29) is 5.15 Å². The van der Waals surface area contributed by atoms with Gasteiger partial charge in [-0.2, -0.15) is 13.2 Å². The monoisotopic (exact) mass is 356 g/mol. The lowest BCUT2D eigenvalue weighted by molar-refractivity contribution is -0.198. The second-order valence-corrected chi connectivity index (χ2v) is 5.26. The fraction of sp³-hybridized carbons (Fsp3) is 0.125. The molecule has 3 aromatic rings. The second-order valence-electron chi connectivity index (χ2n) is 4.90. The Hall–Kier alpha value is -2.41. The molecule has 0 radical (unpaired) electrons. The second kappa shape index (κ2) is 6.24. The van der Waals surface area contributed by atoms with Crippen LogP contribution in [0, 0.1) is 5.82 Å². The number of aromatic nitrogens is 2. The summed E-state index contributed by atoms with van der Waals surface area (Å²) in [6.07, 6.45) is -7.20. The normalized spacial score (nSPS) is 13.0. The van der Waals surface area contributed by atoms with E-state index < -0.39 is 29.5 Å². The van der Waals surface area contributed by atoms with Crippen LogP contribution >= 0.6 is 11.6 Å². The van der Waals surface area contributed by atoms with Crippen molar-refractivity contribution in [2.45, 2.75) is 12.3 Å². The SMILES string of the molecule is Fc1cccc(C(Oc2nc3ccccc3nc2Cl)C(F)(F)F)c1. The number of para-hydroxylation sites is 2. The summed E-state index contributed by atoms with van der Waals surface area (Å²) in [5.74, 6) is -1.28. The first kappa shape index (κ1) is 16.4. The minimum atomic E-state index is -4.79. The standard InChI is InChI=1S/C16H9ClF4N2O/c17-14-15(23-12-7-2-1-6-11(12)22-14)24-13(16(19,20)21)9-4-3-5-10(18)8-9/h1-8,13H. The number of halogens is 5. The Morgan fingerprint density at radius 3 is 2.25 bits per heavy atom. The van der Waals surface area contributed by atoms with Crippen molar-refractivity contribution in [2.75, 3.05) is 0 Å². The summed E-state index contributed by atoms with van der Waals surface area (Å²) in [5.41, 5.74) is 0.356. The number of alkyl halides is 3. The molecule has 8 heteroatoms. The number of hydrogen-bond acceptors (Lipinski definition) is 3. The van der Waals surface area contributed by atoms with Gasteiger partial charge in [0.15, 0.2) is 5.15 Å². The highest BCUT2D eigenvalue weighted by atomic mass is 35.5. The molecule has 1 aromatic heterocycles. The largest absolute Gasteiger partial charge is 0.458 e. The van der Waals surface area contributed by atoms with Crippen LogP contribution in [0.4, 0.5) is 17.6 Å². The maximum atomic E-state index is 13.3. The summed E-state index contributed by atoms with van der Waals surface area (Å²) in [4.78, 5) is 7.92. The third-order valence-corrected chi connectivity index (χ3v) is 3.42. The van der Waals surface area contributed by atoms with Crippen molar-refractivity contribution in [1.29, 1.82) is 0 Å². The van der Waals surface area contributed by atoms with Gasteiger partial charge in [-0.3, -0.25) is 0 Å². The van der Waals surface area contributed by atoms with Crippen molar-refractivity contribution in [3.63, 3.8) is 0 Å².